The van der Waals surface area contributed by atoms with Crippen LogP contribution >= 0.6 is 0 Å². The zero-order valence-electron chi connectivity index (χ0n) is 12.5. The number of carbonyl (C=O) groups is 1. The van der Waals surface area contributed by atoms with E-state index in [1.165, 1.54) is 24.3 Å². The molecule has 0 aromatic heterocycles. The third kappa shape index (κ3) is 4.01. The second kappa shape index (κ2) is 6.40. The summed E-state index contributed by atoms with van der Waals surface area (Å²) in [6.07, 6.45) is 1.96. The number of hydrogen-bond donors (Lipinski definition) is 0. The fourth-order valence-electron chi connectivity index (χ4n) is 2.12. The van der Waals surface area contributed by atoms with Gasteiger partial charge in [0.05, 0.1) is 4.90 Å². The van der Waals surface area contributed by atoms with Crippen LogP contribution in [0.3, 0.4) is 0 Å². The highest BCUT2D eigenvalue weighted by molar-refractivity contribution is 7.90. The lowest BCUT2D eigenvalue weighted by atomic mass is 10.0. The maximum atomic E-state index is 13.2. The van der Waals surface area contributed by atoms with Crippen LogP contribution in [-0.2, 0) is 16.3 Å². The summed E-state index contributed by atoms with van der Waals surface area (Å²) in [5, 5.41) is 0. The Balaban J connectivity index is 2.03. The Hall–Kier alpha value is -2.01. The van der Waals surface area contributed by atoms with Crippen LogP contribution in [0, 0.1) is 12.7 Å². The first-order valence-corrected chi connectivity index (χ1v) is 8.75. The van der Waals surface area contributed by atoms with Crippen LogP contribution in [0.5, 0.6) is 0 Å². The molecule has 2 rings (SSSR count). The summed E-state index contributed by atoms with van der Waals surface area (Å²) in [4.78, 5) is 12.4. The SMILES string of the molecule is Cc1cc(C(=O)CCc2ccc(S(C)(=O)=O)cc2)ccc1F. The number of aryl methyl sites for hydroxylation is 2. The third-order valence-corrected chi connectivity index (χ3v) is 4.60. The minimum absolute atomic E-state index is 0.0599. The number of sulfone groups is 1. The summed E-state index contributed by atoms with van der Waals surface area (Å²) >= 11 is 0. The van der Waals surface area contributed by atoms with Crippen molar-refractivity contribution in [3.05, 3.63) is 65.0 Å². The Morgan fingerprint density at radius 2 is 1.73 bits per heavy atom. The van der Waals surface area contributed by atoms with Gasteiger partial charge in [0.25, 0.3) is 0 Å². The van der Waals surface area contributed by atoms with Crippen LogP contribution in [0.1, 0.15) is 27.9 Å². The van der Waals surface area contributed by atoms with Crippen molar-refractivity contribution < 1.29 is 17.6 Å². The number of carbonyl (C=O) groups excluding carboxylic acids is 1. The molecule has 2 aromatic rings. The van der Waals surface area contributed by atoms with Crippen LogP contribution in [0.25, 0.3) is 0 Å². The van der Waals surface area contributed by atoms with Gasteiger partial charge in [0.2, 0.25) is 0 Å². The van der Waals surface area contributed by atoms with Gasteiger partial charge in [0, 0.05) is 18.2 Å². The Morgan fingerprint density at radius 3 is 2.27 bits per heavy atom. The predicted molar refractivity (Wildman–Crippen MR) is 83.3 cm³/mol. The van der Waals surface area contributed by atoms with E-state index in [1.54, 1.807) is 25.1 Å². The Labute approximate surface area is 129 Å². The van der Waals surface area contributed by atoms with Crippen molar-refractivity contribution in [2.24, 2.45) is 0 Å². The van der Waals surface area contributed by atoms with Crippen molar-refractivity contribution in [1.29, 1.82) is 0 Å². The molecule has 0 saturated carbocycles. The molecular formula is C17H17FO3S. The van der Waals surface area contributed by atoms with Crippen LogP contribution in [0.4, 0.5) is 4.39 Å². The molecule has 0 atom stereocenters. The number of hydrogen-bond acceptors (Lipinski definition) is 3. The molecule has 3 nitrogen and oxygen atoms in total. The first-order chi connectivity index (χ1) is 10.3. The topological polar surface area (TPSA) is 51.2 Å². The molecule has 0 spiro atoms. The molecule has 2 aromatic carbocycles. The number of Topliss-reactive ketones (excluding diaryl/α,β-unsaturated/α-hetero) is 1. The highest BCUT2D eigenvalue weighted by atomic mass is 32.2. The van der Waals surface area contributed by atoms with E-state index in [0.717, 1.165) is 11.8 Å². The molecule has 0 amide bonds. The van der Waals surface area contributed by atoms with E-state index in [1.807, 2.05) is 0 Å². The molecule has 0 bridgehead atoms. The smallest absolute Gasteiger partial charge is 0.175 e. The van der Waals surface area contributed by atoms with Gasteiger partial charge < -0.3 is 0 Å². The largest absolute Gasteiger partial charge is 0.294 e. The lowest BCUT2D eigenvalue weighted by Crippen LogP contribution is -2.03. The van der Waals surface area contributed by atoms with Crippen molar-refractivity contribution in [3.8, 4) is 0 Å². The van der Waals surface area contributed by atoms with E-state index in [0.29, 0.717) is 24.0 Å². The summed E-state index contributed by atoms with van der Waals surface area (Å²) in [5.74, 6) is -0.386. The minimum atomic E-state index is -3.21. The van der Waals surface area contributed by atoms with Gasteiger partial charge in [-0.05, 0) is 54.8 Å². The molecule has 0 aliphatic rings. The molecule has 22 heavy (non-hydrogen) atoms. The second-order valence-corrected chi connectivity index (χ2v) is 7.32. The summed E-state index contributed by atoms with van der Waals surface area (Å²) in [7, 11) is -3.21. The Bertz CT molecular complexity index is 793. The molecule has 0 aliphatic heterocycles. The van der Waals surface area contributed by atoms with Crippen molar-refractivity contribution in [2.75, 3.05) is 6.26 Å². The zero-order chi connectivity index (χ0) is 16.3. The van der Waals surface area contributed by atoms with Gasteiger partial charge in [0.1, 0.15) is 5.82 Å². The normalized spacial score (nSPS) is 11.4. The monoisotopic (exact) mass is 320 g/mol. The maximum absolute atomic E-state index is 13.2. The van der Waals surface area contributed by atoms with E-state index >= 15 is 0 Å². The average molecular weight is 320 g/mol. The highest BCUT2D eigenvalue weighted by Gasteiger charge is 2.10. The number of halogens is 1. The fourth-order valence-corrected chi connectivity index (χ4v) is 2.75. The lowest BCUT2D eigenvalue weighted by molar-refractivity contribution is 0.0982. The van der Waals surface area contributed by atoms with E-state index < -0.39 is 9.84 Å². The van der Waals surface area contributed by atoms with Gasteiger partial charge in [-0.3, -0.25) is 4.79 Å². The maximum Gasteiger partial charge on any atom is 0.175 e. The number of rotatable bonds is 5. The van der Waals surface area contributed by atoms with Gasteiger partial charge in [-0.25, -0.2) is 12.8 Å². The summed E-state index contributed by atoms with van der Waals surface area (Å²) in [5.41, 5.74) is 1.83. The van der Waals surface area contributed by atoms with Gasteiger partial charge in [0.15, 0.2) is 15.6 Å². The number of ketones is 1. The van der Waals surface area contributed by atoms with Crippen molar-refractivity contribution in [3.63, 3.8) is 0 Å². The van der Waals surface area contributed by atoms with Gasteiger partial charge in [-0.15, -0.1) is 0 Å². The van der Waals surface area contributed by atoms with E-state index in [-0.39, 0.29) is 16.5 Å². The summed E-state index contributed by atoms with van der Waals surface area (Å²) < 4.78 is 35.9. The minimum Gasteiger partial charge on any atom is -0.294 e. The first kappa shape index (κ1) is 16.4. The molecule has 0 fully saturated rings. The quantitative estimate of drug-likeness (QED) is 0.794. The van der Waals surface area contributed by atoms with Crippen LogP contribution in [-0.4, -0.2) is 20.5 Å². The van der Waals surface area contributed by atoms with Crippen LogP contribution in [0.15, 0.2) is 47.4 Å². The van der Waals surface area contributed by atoms with E-state index in [2.05, 4.69) is 0 Å². The molecule has 0 N–H and O–H groups in total. The average Bonchev–Trinajstić information content (AvgIpc) is 2.47. The third-order valence-electron chi connectivity index (χ3n) is 3.47. The number of benzene rings is 2. The lowest BCUT2D eigenvalue weighted by Gasteiger charge is -2.05. The van der Waals surface area contributed by atoms with Crippen molar-refractivity contribution in [1.82, 2.24) is 0 Å². The summed E-state index contributed by atoms with van der Waals surface area (Å²) in [6, 6.07) is 10.8. The molecule has 0 aliphatic carbocycles. The molecule has 116 valence electrons. The standard InChI is InChI=1S/C17H17FO3S/c1-12-11-14(6-9-16(12)18)17(19)10-5-13-3-7-15(8-4-13)22(2,20)21/h3-4,6-9,11H,5,10H2,1-2H3. The molecule has 0 radical (unpaired) electrons. The molecular weight excluding hydrogens is 303 g/mol. The Morgan fingerprint density at radius 1 is 1.09 bits per heavy atom. The molecule has 5 heteroatoms. The summed E-state index contributed by atoms with van der Waals surface area (Å²) in [6.45, 7) is 1.62. The fraction of sp³-hybridized carbons (Fsp3) is 0.235. The second-order valence-electron chi connectivity index (χ2n) is 5.30. The first-order valence-electron chi connectivity index (χ1n) is 6.86. The van der Waals surface area contributed by atoms with Gasteiger partial charge in [-0.2, -0.15) is 0 Å². The van der Waals surface area contributed by atoms with E-state index in [4.69, 9.17) is 0 Å². The van der Waals surface area contributed by atoms with Crippen molar-refractivity contribution >= 4 is 15.6 Å². The molecule has 0 saturated heterocycles. The highest BCUT2D eigenvalue weighted by Crippen LogP contribution is 2.15. The zero-order valence-corrected chi connectivity index (χ0v) is 13.3. The van der Waals surface area contributed by atoms with Crippen LogP contribution in [0.2, 0.25) is 0 Å². The predicted octanol–water partition coefficient (Wildman–Crippen LogP) is 3.35. The van der Waals surface area contributed by atoms with Gasteiger partial charge in [-0.1, -0.05) is 12.1 Å². The Kier molecular flexibility index (Phi) is 4.76. The van der Waals surface area contributed by atoms with Crippen LogP contribution < -0.4 is 0 Å². The van der Waals surface area contributed by atoms with E-state index in [9.17, 15) is 17.6 Å². The van der Waals surface area contributed by atoms with Gasteiger partial charge >= 0.3 is 0 Å². The molecule has 0 heterocycles. The molecule has 0 unspecified atom stereocenters. The van der Waals surface area contributed by atoms with Crippen molar-refractivity contribution in [2.45, 2.75) is 24.7 Å².